The van der Waals surface area contributed by atoms with Gasteiger partial charge in [0.2, 0.25) is 10.0 Å². The van der Waals surface area contributed by atoms with E-state index in [9.17, 15) is 17.9 Å². The van der Waals surface area contributed by atoms with Crippen molar-refractivity contribution in [2.24, 2.45) is 0 Å². The first-order valence-electron chi connectivity index (χ1n) is 5.52. The number of aliphatic hydroxyl groups is 1. The third kappa shape index (κ3) is 3.29. The fourth-order valence-electron chi connectivity index (χ4n) is 1.32. The molecule has 0 aliphatic rings. The Bertz CT molecular complexity index is 618. The van der Waals surface area contributed by atoms with Gasteiger partial charge in [0.25, 0.3) is 0 Å². The van der Waals surface area contributed by atoms with Gasteiger partial charge in [-0.05, 0) is 32.9 Å². The van der Waals surface area contributed by atoms with Gasteiger partial charge in [0.05, 0.1) is 11.6 Å². The molecule has 7 heteroatoms. The second kappa shape index (κ2) is 5.25. The van der Waals surface area contributed by atoms with E-state index in [1.807, 2.05) is 0 Å². The normalized spacial score (nSPS) is 13.9. The van der Waals surface area contributed by atoms with E-state index in [4.69, 9.17) is 5.26 Å². The van der Waals surface area contributed by atoms with E-state index in [0.717, 1.165) is 12.1 Å². The van der Waals surface area contributed by atoms with Crippen LogP contribution >= 0.6 is 0 Å². The highest BCUT2D eigenvalue weighted by Gasteiger charge is 2.32. The highest BCUT2D eigenvalue weighted by molar-refractivity contribution is 7.89. The third-order valence-corrected chi connectivity index (χ3v) is 4.53. The van der Waals surface area contributed by atoms with Crippen molar-refractivity contribution in [2.75, 3.05) is 0 Å². The minimum Gasteiger partial charge on any atom is -0.391 e. The van der Waals surface area contributed by atoms with E-state index >= 15 is 0 Å². The zero-order valence-corrected chi connectivity index (χ0v) is 11.6. The largest absolute Gasteiger partial charge is 0.391 e. The summed E-state index contributed by atoms with van der Waals surface area (Å²) in [6, 6.07) is 4.89. The van der Waals surface area contributed by atoms with Crippen LogP contribution in [-0.4, -0.2) is 25.2 Å². The van der Waals surface area contributed by atoms with Gasteiger partial charge in [-0.1, -0.05) is 6.07 Å². The van der Waals surface area contributed by atoms with E-state index in [-0.39, 0.29) is 0 Å². The molecular formula is C12H15FN2O3S. The number of benzene rings is 1. The number of rotatable bonds is 4. The molecule has 1 aromatic carbocycles. The number of hydrogen-bond acceptors (Lipinski definition) is 4. The summed E-state index contributed by atoms with van der Waals surface area (Å²) in [7, 11) is -4.10. The molecule has 1 aromatic rings. The Kier molecular flexibility index (Phi) is 4.30. The maximum atomic E-state index is 13.4. The van der Waals surface area contributed by atoms with Crippen molar-refractivity contribution < 1.29 is 17.9 Å². The fraction of sp³-hybridized carbons (Fsp3) is 0.417. The minimum absolute atomic E-state index is 0.441. The molecule has 0 spiro atoms. The molecule has 0 aliphatic carbocycles. The van der Waals surface area contributed by atoms with Gasteiger partial charge in [-0.3, -0.25) is 0 Å². The molecule has 0 amide bonds. The molecule has 5 nitrogen and oxygen atoms in total. The lowest BCUT2D eigenvalue weighted by atomic mass is 10.0. The van der Waals surface area contributed by atoms with E-state index < -0.39 is 37.9 Å². The van der Waals surface area contributed by atoms with Crippen LogP contribution < -0.4 is 4.72 Å². The van der Waals surface area contributed by atoms with E-state index in [1.54, 1.807) is 0 Å². The molecule has 1 rings (SSSR count). The Balaban J connectivity index is 3.31. The average molecular weight is 286 g/mol. The first-order valence-corrected chi connectivity index (χ1v) is 7.01. The Morgan fingerprint density at radius 3 is 2.53 bits per heavy atom. The number of halogens is 1. The lowest BCUT2D eigenvalue weighted by Gasteiger charge is -2.29. The number of hydrogen-bond donors (Lipinski definition) is 2. The number of nitriles is 1. The quantitative estimate of drug-likeness (QED) is 0.868. The van der Waals surface area contributed by atoms with Gasteiger partial charge in [0, 0.05) is 0 Å². The molecule has 0 fully saturated rings. The zero-order chi connectivity index (χ0) is 14.8. The molecule has 0 radical (unpaired) electrons. The van der Waals surface area contributed by atoms with Gasteiger partial charge < -0.3 is 5.11 Å². The molecule has 104 valence electrons. The van der Waals surface area contributed by atoms with Crippen molar-refractivity contribution >= 4 is 10.0 Å². The van der Waals surface area contributed by atoms with Crippen LogP contribution in [0, 0.1) is 17.1 Å². The average Bonchev–Trinajstić information content (AvgIpc) is 2.27. The molecule has 1 unspecified atom stereocenters. The predicted molar refractivity (Wildman–Crippen MR) is 67.2 cm³/mol. The van der Waals surface area contributed by atoms with Crippen LogP contribution in [0.1, 0.15) is 26.3 Å². The number of nitrogens with zero attached hydrogens (tertiary/aromatic N) is 1. The summed E-state index contributed by atoms with van der Waals surface area (Å²) in [5.41, 5.74) is -1.69. The summed E-state index contributed by atoms with van der Waals surface area (Å²) in [6.45, 7) is 4.40. The topological polar surface area (TPSA) is 90.2 Å². The standard InChI is InChI=1S/C12H15FN2O3S/c1-8(16)12(2,3)15-19(17,18)11-6-4-5-10(13)9(11)7-14/h4-6,8,15-16H,1-3H3. The molecule has 0 aromatic heterocycles. The smallest absolute Gasteiger partial charge is 0.242 e. The van der Waals surface area contributed by atoms with E-state index in [2.05, 4.69) is 4.72 Å². The van der Waals surface area contributed by atoms with E-state index in [0.29, 0.717) is 0 Å². The number of nitrogens with one attached hydrogen (secondary N) is 1. The SMILES string of the molecule is CC(O)C(C)(C)NS(=O)(=O)c1cccc(F)c1C#N. The van der Waals surface area contributed by atoms with Crippen LogP contribution in [0.5, 0.6) is 0 Å². The second-order valence-corrected chi connectivity index (χ2v) is 6.38. The molecule has 0 heterocycles. The van der Waals surface area contributed by atoms with Gasteiger partial charge in [-0.15, -0.1) is 0 Å². The van der Waals surface area contributed by atoms with Crippen molar-refractivity contribution in [3.63, 3.8) is 0 Å². The molecule has 0 saturated carbocycles. The number of sulfonamides is 1. The van der Waals surface area contributed by atoms with Crippen molar-refractivity contribution in [1.82, 2.24) is 4.72 Å². The maximum Gasteiger partial charge on any atom is 0.242 e. The predicted octanol–water partition coefficient (Wildman–Crippen LogP) is 1.14. The molecule has 2 N–H and O–H groups in total. The van der Waals surface area contributed by atoms with Crippen LogP contribution in [0.2, 0.25) is 0 Å². The number of aliphatic hydroxyl groups excluding tert-OH is 1. The minimum atomic E-state index is -4.10. The molecule has 0 aliphatic heterocycles. The first-order chi connectivity index (χ1) is 8.62. The van der Waals surface area contributed by atoms with Crippen molar-refractivity contribution in [3.05, 3.63) is 29.6 Å². The third-order valence-electron chi connectivity index (χ3n) is 2.82. The van der Waals surface area contributed by atoms with Crippen LogP contribution in [0.3, 0.4) is 0 Å². The molecule has 1 atom stereocenters. The molecule has 19 heavy (non-hydrogen) atoms. The highest BCUT2D eigenvalue weighted by atomic mass is 32.2. The zero-order valence-electron chi connectivity index (χ0n) is 10.8. The lowest BCUT2D eigenvalue weighted by molar-refractivity contribution is 0.111. The highest BCUT2D eigenvalue weighted by Crippen LogP contribution is 2.20. The molecule has 0 saturated heterocycles. The van der Waals surface area contributed by atoms with E-state index in [1.165, 1.54) is 32.9 Å². The Hall–Kier alpha value is -1.49. The van der Waals surface area contributed by atoms with Gasteiger partial charge >= 0.3 is 0 Å². The fourth-order valence-corrected chi connectivity index (χ4v) is 2.97. The van der Waals surface area contributed by atoms with Crippen molar-refractivity contribution in [2.45, 2.75) is 37.3 Å². The van der Waals surface area contributed by atoms with Crippen molar-refractivity contribution in [3.8, 4) is 6.07 Å². The summed E-state index contributed by atoms with van der Waals surface area (Å²) >= 11 is 0. The van der Waals surface area contributed by atoms with Crippen LogP contribution in [0.15, 0.2) is 23.1 Å². The van der Waals surface area contributed by atoms with Crippen LogP contribution in [0.4, 0.5) is 4.39 Å². The second-order valence-electron chi connectivity index (χ2n) is 4.73. The maximum absolute atomic E-state index is 13.4. The van der Waals surface area contributed by atoms with Crippen LogP contribution in [-0.2, 0) is 10.0 Å². The van der Waals surface area contributed by atoms with Gasteiger partial charge in [-0.25, -0.2) is 17.5 Å². The Morgan fingerprint density at radius 2 is 2.05 bits per heavy atom. The van der Waals surface area contributed by atoms with Gasteiger partial charge in [0.1, 0.15) is 22.3 Å². The summed E-state index contributed by atoms with van der Waals surface area (Å²) in [5.74, 6) is -0.903. The lowest BCUT2D eigenvalue weighted by Crippen LogP contribution is -2.50. The summed E-state index contributed by atoms with van der Waals surface area (Å²) in [5, 5.41) is 18.3. The van der Waals surface area contributed by atoms with Gasteiger partial charge in [-0.2, -0.15) is 5.26 Å². The summed E-state index contributed by atoms with van der Waals surface area (Å²) in [4.78, 5) is -0.441. The van der Waals surface area contributed by atoms with Gasteiger partial charge in [0.15, 0.2) is 0 Å². The van der Waals surface area contributed by atoms with Crippen molar-refractivity contribution in [1.29, 1.82) is 5.26 Å². The summed E-state index contributed by atoms with van der Waals surface area (Å²) in [6.07, 6.45) is -0.957. The monoisotopic (exact) mass is 286 g/mol. The summed E-state index contributed by atoms with van der Waals surface area (Å²) < 4.78 is 40.0. The molecule has 0 bridgehead atoms. The molecular weight excluding hydrogens is 271 g/mol. The van der Waals surface area contributed by atoms with Crippen LogP contribution in [0.25, 0.3) is 0 Å². The Morgan fingerprint density at radius 1 is 1.47 bits per heavy atom. The Labute approximate surface area is 111 Å². The first kappa shape index (κ1) is 15.6.